The van der Waals surface area contributed by atoms with E-state index in [2.05, 4.69) is 10.6 Å². The number of ether oxygens (including phenoxy) is 1. The van der Waals surface area contributed by atoms with Crippen molar-refractivity contribution in [3.05, 3.63) is 52.0 Å². The number of amides is 2. The van der Waals surface area contributed by atoms with Gasteiger partial charge in [0.25, 0.3) is 0 Å². The molecule has 0 heterocycles. The van der Waals surface area contributed by atoms with Crippen LogP contribution in [0, 0.1) is 6.92 Å². The minimum Gasteiger partial charge on any atom is -0.495 e. The van der Waals surface area contributed by atoms with Crippen LogP contribution in [0.1, 0.15) is 5.56 Å². The Morgan fingerprint density at radius 3 is 2.52 bits per heavy atom. The summed E-state index contributed by atoms with van der Waals surface area (Å²) < 4.78 is 5.05. The molecule has 0 radical (unpaired) electrons. The van der Waals surface area contributed by atoms with E-state index in [0.717, 1.165) is 5.56 Å². The van der Waals surface area contributed by atoms with Gasteiger partial charge in [-0.1, -0.05) is 29.3 Å². The smallest absolute Gasteiger partial charge is 0.323 e. The molecule has 0 saturated heterocycles. The van der Waals surface area contributed by atoms with Gasteiger partial charge in [0, 0.05) is 16.4 Å². The standard InChI is InChI=1S/C15H14Cl2N2O2/c1-9-11(16)4-3-5-13(9)19-15(20)18-10-6-7-14(21-2)12(17)8-10/h3-8H,1-2H3,(H2,18,19,20). The highest BCUT2D eigenvalue weighted by Gasteiger charge is 2.08. The van der Waals surface area contributed by atoms with E-state index >= 15 is 0 Å². The second kappa shape index (κ2) is 6.70. The van der Waals surface area contributed by atoms with E-state index in [1.165, 1.54) is 7.11 Å². The summed E-state index contributed by atoms with van der Waals surface area (Å²) in [4.78, 5) is 12.0. The summed E-state index contributed by atoms with van der Waals surface area (Å²) in [7, 11) is 1.53. The Labute approximate surface area is 133 Å². The van der Waals surface area contributed by atoms with Crippen LogP contribution in [0.2, 0.25) is 10.0 Å². The number of carbonyl (C=O) groups excluding carboxylic acids is 1. The Balaban J connectivity index is 2.08. The summed E-state index contributed by atoms with van der Waals surface area (Å²) >= 11 is 12.0. The number of urea groups is 1. The molecule has 110 valence electrons. The van der Waals surface area contributed by atoms with E-state index in [1.54, 1.807) is 36.4 Å². The Morgan fingerprint density at radius 2 is 1.86 bits per heavy atom. The number of nitrogens with one attached hydrogen (secondary N) is 2. The average molecular weight is 325 g/mol. The topological polar surface area (TPSA) is 50.4 Å². The van der Waals surface area contributed by atoms with Crippen molar-refractivity contribution in [2.45, 2.75) is 6.92 Å². The largest absolute Gasteiger partial charge is 0.495 e. The van der Waals surface area contributed by atoms with Crippen LogP contribution in [0.25, 0.3) is 0 Å². The van der Waals surface area contributed by atoms with Crippen LogP contribution < -0.4 is 15.4 Å². The molecule has 0 aliphatic heterocycles. The van der Waals surface area contributed by atoms with Gasteiger partial charge in [-0.25, -0.2) is 4.79 Å². The lowest BCUT2D eigenvalue weighted by atomic mass is 10.2. The summed E-state index contributed by atoms with van der Waals surface area (Å²) in [6.07, 6.45) is 0. The molecule has 0 atom stereocenters. The van der Waals surface area contributed by atoms with Gasteiger partial charge in [-0.05, 0) is 42.8 Å². The van der Waals surface area contributed by atoms with E-state index in [1.807, 2.05) is 6.92 Å². The van der Waals surface area contributed by atoms with Crippen LogP contribution in [0.5, 0.6) is 5.75 Å². The first-order valence-corrected chi connectivity index (χ1v) is 6.93. The third-order valence-electron chi connectivity index (χ3n) is 2.93. The number of benzene rings is 2. The molecule has 2 amide bonds. The molecular weight excluding hydrogens is 311 g/mol. The van der Waals surface area contributed by atoms with Crippen LogP contribution in [0.4, 0.5) is 16.2 Å². The zero-order valence-electron chi connectivity index (χ0n) is 11.5. The maximum Gasteiger partial charge on any atom is 0.323 e. The minimum absolute atomic E-state index is 0.374. The van der Waals surface area contributed by atoms with Gasteiger partial charge in [0.15, 0.2) is 0 Å². The monoisotopic (exact) mass is 324 g/mol. The first-order valence-electron chi connectivity index (χ1n) is 6.18. The Morgan fingerprint density at radius 1 is 1.10 bits per heavy atom. The summed E-state index contributed by atoms with van der Waals surface area (Å²) in [5, 5.41) is 6.46. The maximum absolute atomic E-state index is 12.0. The molecule has 2 rings (SSSR count). The lowest BCUT2D eigenvalue weighted by molar-refractivity contribution is 0.262. The molecule has 0 aromatic heterocycles. The van der Waals surface area contributed by atoms with Crippen LogP contribution >= 0.6 is 23.2 Å². The highest BCUT2D eigenvalue weighted by molar-refractivity contribution is 6.32. The van der Waals surface area contributed by atoms with Crippen molar-refractivity contribution in [2.24, 2.45) is 0 Å². The van der Waals surface area contributed by atoms with Crippen molar-refractivity contribution in [3.8, 4) is 5.75 Å². The van der Waals surface area contributed by atoms with Crippen molar-refractivity contribution in [3.63, 3.8) is 0 Å². The molecule has 0 spiro atoms. The third kappa shape index (κ3) is 3.80. The summed E-state index contributed by atoms with van der Waals surface area (Å²) in [5.41, 5.74) is 2.03. The van der Waals surface area contributed by atoms with E-state index in [-0.39, 0.29) is 6.03 Å². The normalized spacial score (nSPS) is 10.1. The van der Waals surface area contributed by atoms with E-state index in [0.29, 0.717) is 27.2 Å². The quantitative estimate of drug-likeness (QED) is 0.838. The molecule has 0 unspecified atom stereocenters. The minimum atomic E-state index is -0.374. The number of halogens is 2. The maximum atomic E-state index is 12.0. The molecule has 0 saturated carbocycles. The molecule has 2 aromatic rings. The number of hydrogen-bond donors (Lipinski definition) is 2. The predicted octanol–water partition coefficient (Wildman–Crippen LogP) is 4.95. The van der Waals surface area contributed by atoms with Crippen molar-refractivity contribution in [1.29, 1.82) is 0 Å². The van der Waals surface area contributed by atoms with Crippen molar-refractivity contribution >= 4 is 40.6 Å². The summed E-state index contributed by atoms with van der Waals surface area (Å²) in [5.74, 6) is 0.549. The molecule has 2 aromatic carbocycles. The van der Waals surface area contributed by atoms with Crippen LogP contribution in [0.3, 0.4) is 0 Å². The molecular formula is C15H14Cl2N2O2. The van der Waals surface area contributed by atoms with Crippen LogP contribution in [-0.2, 0) is 0 Å². The Bertz CT molecular complexity index is 675. The van der Waals surface area contributed by atoms with Gasteiger partial charge in [-0.15, -0.1) is 0 Å². The average Bonchev–Trinajstić information content (AvgIpc) is 2.44. The zero-order chi connectivity index (χ0) is 15.4. The van der Waals surface area contributed by atoms with E-state index in [4.69, 9.17) is 27.9 Å². The summed E-state index contributed by atoms with van der Waals surface area (Å²) in [6.45, 7) is 1.84. The second-order valence-electron chi connectivity index (χ2n) is 4.34. The fourth-order valence-corrected chi connectivity index (χ4v) is 2.20. The number of rotatable bonds is 3. The molecule has 21 heavy (non-hydrogen) atoms. The second-order valence-corrected chi connectivity index (χ2v) is 5.16. The first kappa shape index (κ1) is 15.5. The van der Waals surface area contributed by atoms with Gasteiger partial charge in [0.2, 0.25) is 0 Å². The van der Waals surface area contributed by atoms with Crippen LogP contribution in [-0.4, -0.2) is 13.1 Å². The van der Waals surface area contributed by atoms with E-state index in [9.17, 15) is 4.79 Å². The molecule has 2 N–H and O–H groups in total. The van der Waals surface area contributed by atoms with Gasteiger partial charge in [-0.3, -0.25) is 0 Å². The lowest BCUT2D eigenvalue weighted by Gasteiger charge is -2.11. The molecule has 4 nitrogen and oxygen atoms in total. The fraction of sp³-hybridized carbons (Fsp3) is 0.133. The Hall–Kier alpha value is -1.91. The highest BCUT2D eigenvalue weighted by atomic mass is 35.5. The highest BCUT2D eigenvalue weighted by Crippen LogP contribution is 2.27. The number of methoxy groups -OCH3 is 1. The van der Waals surface area contributed by atoms with Gasteiger partial charge in [0.1, 0.15) is 5.75 Å². The van der Waals surface area contributed by atoms with Gasteiger partial charge >= 0.3 is 6.03 Å². The SMILES string of the molecule is COc1ccc(NC(=O)Nc2cccc(Cl)c2C)cc1Cl. The summed E-state index contributed by atoms with van der Waals surface area (Å²) in [6, 6.07) is 9.95. The van der Waals surface area contributed by atoms with Gasteiger partial charge in [0.05, 0.1) is 12.1 Å². The molecule has 0 bridgehead atoms. The molecule has 0 fully saturated rings. The molecule has 0 aliphatic carbocycles. The first-order chi connectivity index (χ1) is 10.0. The number of anilines is 2. The van der Waals surface area contributed by atoms with E-state index < -0.39 is 0 Å². The Kier molecular flexibility index (Phi) is 4.94. The zero-order valence-corrected chi connectivity index (χ0v) is 13.0. The fourth-order valence-electron chi connectivity index (χ4n) is 1.77. The molecule has 6 heteroatoms. The number of hydrogen-bond acceptors (Lipinski definition) is 2. The number of carbonyl (C=O) groups is 1. The third-order valence-corrected chi connectivity index (χ3v) is 3.63. The van der Waals surface area contributed by atoms with Gasteiger partial charge in [-0.2, -0.15) is 0 Å². The van der Waals surface area contributed by atoms with Crippen molar-refractivity contribution < 1.29 is 9.53 Å². The lowest BCUT2D eigenvalue weighted by Crippen LogP contribution is -2.20. The van der Waals surface area contributed by atoms with Gasteiger partial charge < -0.3 is 15.4 Å². The van der Waals surface area contributed by atoms with Crippen LogP contribution in [0.15, 0.2) is 36.4 Å². The predicted molar refractivity (Wildman–Crippen MR) is 86.8 cm³/mol. The van der Waals surface area contributed by atoms with Crippen molar-refractivity contribution in [1.82, 2.24) is 0 Å². The molecule has 0 aliphatic rings. The van der Waals surface area contributed by atoms with Crippen molar-refractivity contribution in [2.75, 3.05) is 17.7 Å².